The Labute approximate surface area is 786 Å². The van der Waals surface area contributed by atoms with Crippen LogP contribution in [0.4, 0.5) is 0 Å². The first-order valence-electron chi connectivity index (χ1n) is 52.5. The number of rotatable bonds is 14. The van der Waals surface area contributed by atoms with Crippen LogP contribution in [0.1, 0.15) is 203 Å². The summed E-state index contributed by atoms with van der Waals surface area (Å²) in [5.74, 6) is -0.852. The molecule has 128 heavy (non-hydrogen) atoms. The monoisotopic (exact) mass is 1710 g/mol. The fraction of sp³-hybridized carbons (Fsp3) is 0.319. The normalized spacial score (nSPS) is 15.6. The molecule has 18 rings (SSSR count). The molecule has 9 aromatic carbocycles. The summed E-state index contributed by atoms with van der Waals surface area (Å²) >= 11 is 0. The lowest BCUT2D eigenvalue weighted by Crippen LogP contribution is -2.33. The first kappa shape index (κ1) is 75.8. The number of benzene rings is 9. The lowest BCUT2D eigenvalue weighted by Gasteiger charge is -2.22. The van der Waals surface area contributed by atoms with Crippen molar-refractivity contribution in [3.63, 3.8) is 0 Å². The predicted octanol–water partition coefficient (Wildman–Crippen LogP) is 26.1. The third kappa shape index (κ3) is 22.8. The number of aromatic nitrogens is 9. The summed E-state index contributed by atoms with van der Waals surface area (Å²) in [4.78, 5) is 13.2. The van der Waals surface area contributed by atoms with E-state index in [1.165, 1.54) is 112 Å². The Bertz CT molecular complexity index is 6980. The molecule has 3 aliphatic rings. The molecule has 6 aromatic heterocycles. The highest BCUT2D eigenvalue weighted by atomic mass is 15.0. The van der Waals surface area contributed by atoms with Crippen molar-refractivity contribution in [1.29, 1.82) is 0 Å². The molecule has 9 heteroatoms. The number of nitrogens with zero attached hydrogens (tertiary/aromatic N) is 9. The molecule has 3 aliphatic carbocycles. The van der Waals surface area contributed by atoms with Gasteiger partial charge in [0.2, 0.25) is 17.1 Å². The average molecular weight is 1710 g/mol. The number of hydrogen-bond donors (Lipinski definition) is 0. The summed E-state index contributed by atoms with van der Waals surface area (Å²) in [5, 5.41) is 0. The average Bonchev–Trinajstić information content (AvgIpc) is 1.15. The Kier molecular flexibility index (Phi) is 26.0. The zero-order chi connectivity index (χ0) is 103. The summed E-state index contributed by atoms with van der Waals surface area (Å²) in [6.45, 7) is 16.6. The SMILES string of the molecule is Cc1ccc(-c2cnc[n+](C)c2-c2ccccc2C)c(C)c1.Cc1ccccc1-c1c(-c2c(C)cccc2C)cnc[n+]1C.Cc1ccccc1-c1cnc[n+](C)c1-c1ccccc1C.[2H]C([2H])([2H])c1cc(C([2H])([2H])C2CCCC2)c(-c2ccccc2C)[n+](C)c1.[2H]C([2H])([2H])c1cc(C([2H])([2H])C2CCCCC2)c(-c2ccccc2C)[n+](C)c1.[2H]C([2H])([2H])c1cc(C2([2H])CCCC2)c(-c2ccccc2C)[n+](C)c1. The van der Waals surface area contributed by atoms with E-state index in [2.05, 4.69) is 258 Å². The van der Waals surface area contributed by atoms with Crippen molar-refractivity contribution in [2.45, 2.75) is 199 Å². The van der Waals surface area contributed by atoms with Gasteiger partial charge in [0.15, 0.2) is 37.2 Å². The molecule has 15 aromatic rings. The van der Waals surface area contributed by atoms with E-state index in [1.54, 1.807) is 45.9 Å². The van der Waals surface area contributed by atoms with Gasteiger partial charge in [0, 0.05) is 86.0 Å². The quantitative estimate of drug-likeness (QED) is 0.102. The van der Waals surface area contributed by atoms with Crippen molar-refractivity contribution < 1.29 is 46.6 Å². The minimum atomic E-state index is -2.26. The topological polar surface area (TPSA) is 62.0 Å². The Morgan fingerprint density at radius 1 is 0.273 bits per heavy atom. The van der Waals surface area contributed by atoms with Crippen LogP contribution >= 0.6 is 0 Å². The van der Waals surface area contributed by atoms with Crippen LogP contribution in [0.3, 0.4) is 0 Å². The molecule has 0 bridgehead atoms. The summed E-state index contributed by atoms with van der Waals surface area (Å²) in [5.41, 5.74) is 36.2. The number of aryl methyl sites for hydroxylation is 20. The van der Waals surface area contributed by atoms with Gasteiger partial charge in [-0.25, -0.2) is 27.4 Å². The van der Waals surface area contributed by atoms with Crippen LogP contribution in [-0.4, -0.2) is 15.0 Å². The van der Waals surface area contributed by atoms with Gasteiger partial charge in [0.1, 0.15) is 38.2 Å². The van der Waals surface area contributed by atoms with Gasteiger partial charge in [-0.15, -0.1) is 0 Å². The maximum atomic E-state index is 8.99. The van der Waals surface area contributed by atoms with Gasteiger partial charge in [-0.2, -0.15) is 0 Å². The highest BCUT2D eigenvalue weighted by molar-refractivity contribution is 5.85. The minimum absolute atomic E-state index is 0.0721. The molecule has 6 heterocycles. The first-order chi connectivity index (χ1) is 67.3. The van der Waals surface area contributed by atoms with Crippen molar-refractivity contribution in [2.24, 2.45) is 54.1 Å². The summed E-state index contributed by atoms with van der Waals surface area (Å²) in [6, 6.07) is 75.8. The van der Waals surface area contributed by atoms with Gasteiger partial charge in [-0.1, -0.05) is 279 Å². The van der Waals surface area contributed by atoms with Crippen molar-refractivity contribution in [3.8, 4) is 101 Å². The summed E-state index contributed by atoms with van der Waals surface area (Å²) < 4.78 is 127. The van der Waals surface area contributed by atoms with Crippen LogP contribution < -0.4 is 27.4 Å². The van der Waals surface area contributed by atoms with Crippen LogP contribution in [0.25, 0.3) is 101 Å². The predicted molar refractivity (Wildman–Crippen MR) is 531 cm³/mol. The molecule has 3 saturated carbocycles. The Balaban J connectivity index is 0.000000143. The van der Waals surface area contributed by atoms with Crippen molar-refractivity contribution in [3.05, 3.63) is 375 Å². The molecule has 654 valence electrons. The number of pyridine rings is 3. The second-order valence-corrected chi connectivity index (χ2v) is 35.3. The molecule has 0 aliphatic heterocycles. The zero-order valence-corrected chi connectivity index (χ0v) is 78.4. The molecule has 0 radical (unpaired) electrons. The largest absolute Gasteiger partial charge is 0.286 e. The van der Waals surface area contributed by atoms with Gasteiger partial charge in [0.05, 0.1) is 37.8 Å². The third-order valence-corrected chi connectivity index (χ3v) is 25.4. The highest BCUT2D eigenvalue weighted by Crippen LogP contribution is 2.42. The van der Waals surface area contributed by atoms with Crippen LogP contribution in [-0.2, 0) is 55.0 Å². The van der Waals surface area contributed by atoms with Crippen LogP contribution in [0.5, 0.6) is 0 Å². The Morgan fingerprint density at radius 2 is 0.570 bits per heavy atom. The first-order valence-corrected chi connectivity index (χ1v) is 45.5. The van der Waals surface area contributed by atoms with E-state index >= 15 is 0 Å². The maximum absolute atomic E-state index is 8.99. The van der Waals surface area contributed by atoms with E-state index in [0.29, 0.717) is 16.7 Å². The highest BCUT2D eigenvalue weighted by Gasteiger charge is 2.30. The zero-order valence-electron chi connectivity index (χ0n) is 92.4. The van der Waals surface area contributed by atoms with Crippen molar-refractivity contribution >= 4 is 0 Å². The molecule has 0 saturated heterocycles. The molecule has 0 amide bonds. The second-order valence-electron chi connectivity index (χ2n) is 35.3. The van der Waals surface area contributed by atoms with Gasteiger partial charge in [-0.05, 0) is 249 Å². The molecule has 0 spiro atoms. The summed E-state index contributed by atoms with van der Waals surface area (Å²) in [7, 11) is 11.7. The van der Waals surface area contributed by atoms with Gasteiger partial charge in [0.25, 0.3) is 19.0 Å². The number of hydrogen-bond acceptors (Lipinski definition) is 3. The fourth-order valence-corrected chi connectivity index (χ4v) is 18.9. The Hall–Kier alpha value is -12.3. The van der Waals surface area contributed by atoms with Gasteiger partial charge in [-0.3, -0.25) is 0 Å². The fourth-order valence-electron chi connectivity index (χ4n) is 18.9. The Morgan fingerprint density at radius 3 is 0.938 bits per heavy atom. The molecule has 0 N–H and O–H groups in total. The van der Waals surface area contributed by atoms with E-state index < -0.39 is 39.2 Å². The van der Waals surface area contributed by atoms with E-state index in [4.69, 9.17) is 19.2 Å². The van der Waals surface area contributed by atoms with E-state index in [0.717, 1.165) is 139 Å². The second kappa shape index (κ2) is 43.9. The molecule has 0 unspecified atom stereocenters. The summed E-state index contributed by atoms with van der Waals surface area (Å²) in [6.07, 6.45) is 25.6. The van der Waals surface area contributed by atoms with E-state index in [9.17, 15) is 0 Å². The van der Waals surface area contributed by atoms with Crippen LogP contribution in [0.15, 0.2) is 281 Å². The molecular weight excluding hydrogens is 1560 g/mol. The maximum Gasteiger partial charge on any atom is 0.286 e. The van der Waals surface area contributed by atoms with Crippen LogP contribution in [0, 0.1) is 109 Å². The molecule has 9 nitrogen and oxygen atoms in total. The van der Waals surface area contributed by atoms with Gasteiger partial charge >= 0.3 is 0 Å². The van der Waals surface area contributed by atoms with Crippen molar-refractivity contribution in [1.82, 2.24) is 15.0 Å². The standard InChI is InChI=1S/C21H28N.2C20H21N2.C20H26N.C19H19N2.C19H24N/c1-16-13-19(14-18-10-5-4-6-11-18)21(22(3)15-16)20-12-8-7-9-17(20)2;1-14-8-5-6-11-17(14)20-18(12-21-13-22(20)4)19-15(2)9-7-10-16(19)3;1-14-9-10-17(16(3)11-14)19-12-21-13-22(4)20(19)18-8-6-5-7-15(18)2;1-15-12-18(13-17-9-5-6-10-17)20(21(3)14-15)19-11-7-4-8-16(19)2;1-14-8-4-6-10-16(14)18-12-20-13-21(3)19(18)17-11-7-5-9-15(17)2;1-14-12-18(16-9-5-6-10-16)19(20(3)13-14)17-11-7-4-8-15(17)2/h7-9,12-13,15,18H,4-6,10-11,14H2,1-3H3;2*5-13H,1-4H3;4,7-8,11-12,14,17H,5-6,9-10,13H2,1-3H3;4-13H,1-3H3;4,7-8,11-13,16H,5-6,9-10H2,1-3H3/q6*+1/i1D3,14D2;;;1D3,13D2;;1D3,16D. The third-order valence-electron chi connectivity index (χ3n) is 25.4. The van der Waals surface area contributed by atoms with E-state index in [1.807, 2.05) is 138 Å². The molecule has 3 fully saturated rings. The molecular formula is C119H139N9+6. The lowest BCUT2D eigenvalue weighted by molar-refractivity contribution is -0.663. The lowest BCUT2D eigenvalue weighted by atomic mass is 9.83. The van der Waals surface area contributed by atoms with E-state index in [-0.39, 0.29) is 23.0 Å². The van der Waals surface area contributed by atoms with Crippen LogP contribution in [0.2, 0.25) is 0 Å². The minimum Gasteiger partial charge on any atom is -0.232 e. The smallest absolute Gasteiger partial charge is 0.232 e. The van der Waals surface area contributed by atoms with Gasteiger partial charge < -0.3 is 0 Å². The van der Waals surface area contributed by atoms with Crippen molar-refractivity contribution in [2.75, 3.05) is 0 Å². The molecule has 0 atom stereocenters.